The van der Waals surface area contributed by atoms with Crippen LogP contribution in [0.25, 0.3) is 0 Å². The van der Waals surface area contributed by atoms with Gasteiger partial charge in [0.1, 0.15) is 11.6 Å². The van der Waals surface area contributed by atoms with Crippen LogP contribution in [0.1, 0.15) is 17.2 Å². The lowest BCUT2D eigenvalue weighted by Gasteiger charge is -2.16. The van der Waals surface area contributed by atoms with Gasteiger partial charge in [-0.1, -0.05) is 34.1 Å². The second kappa shape index (κ2) is 6.95. The number of para-hydroxylation sites is 1. The maximum absolute atomic E-state index is 13.3. The van der Waals surface area contributed by atoms with Gasteiger partial charge in [0, 0.05) is 16.5 Å². The van der Waals surface area contributed by atoms with Crippen LogP contribution in [-0.2, 0) is 6.42 Å². The summed E-state index contributed by atoms with van der Waals surface area (Å²) < 4.78 is 42.9. The molecule has 1 N–H and O–H groups in total. The fourth-order valence-corrected chi connectivity index (χ4v) is 2.53. The summed E-state index contributed by atoms with van der Waals surface area (Å²) >= 11 is 3.16. The van der Waals surface area contributed by atoms with Crippen LogP contribution in [0.15, 0.2) is 46.9 Å². The van der Waals surface area contributed by atoms with Crippen LogP contribution in [0.4, 0.5) is 13.2 Å². The molecule has 2 nitrogen and oxygen atoms in total. The highest BCUT2D eigenvalue weighted by molar-refractivity contribution is 9.10. The van der Waals surface area contributed by atoms with Crippen molar-refractivity contribution in [1.29, 1.82) is 0 Å². The zero-order valence-electron chi connectivity index (χ0n) is 10.8. The molecule has 0 heterocycles. The van der Waals surface area contributed by atoms with E-state index in [9.17, 15) is 18.3 Å². The predicted octanol–water partition coefficient (Wildman–Crippen LogP) is 4.47. The number of benzene rings is 2. The van der Waals surface area contributed by atoms with Gasteiger partial charge in [0.2, 0.25) is 0 Å². The molecule has 0 aliphatic rings. The number of alkyl halides is 2. The lowest BCUT2D eigenvalue weighted by atomic mass is 10.0. The van der Waals surface area contributed by atoms with Crippen molar-refractivity contribution in [3.63, 3.8) is 0 Å². The predicted molar refractivity (Wildman–Crippen MR) is 75.8 cm³/mol. The van der Waals surface area contributed by atoms with E-state index in [1.165, 1.54) is 30.3 Å². The van der Waals surface area contributed by atoms with Crippen molar-refractivity contribution in [2.45, 2.75) is 19.1 Å². The Labute approximate surface area is 128 Å². The lowest BCUT2D eigenvalue weighted by Crippen LogP contribution is -2.08. The van der Waals surface area contributed by atoms with Crippen LogP contribution in [0, 0.1) is 5.82 Å². The van der Waals surface area contributed by atoms with Crippen LogP contribution in [-0.4, -0.2) is 11.7 Å². The van der Waals surface area contributed by atoms with Gasteiger partial charge in [-0.25, -0.2) is 4.39 Å². The zero-order chi connectivity index (χ0) is 15.4. The van der Waals surface area contributed by atoms with Crippen molar-refractivity contribution in [1.82, 2.24) is 0 Å². The third-order valence-electron chi connectivity index (χ3n) is 2.85. The second-order valence-electron chi connectivity index (χ2n) is 4.41. The molecule has 1 atom stereocenters. The summed E-state index contributed by atoms with van der Waals surface area (Å²) in [6.45, 7) is -2.97. The topological polar surface area (TPSA) is 29.5 Å². The molecule has 21 heavy (non-hydrogen) atoms. The number of halogens is 4. The van der Waals surface area contributed by atoms with Gasteiger partial charge in [-0.2, -0.15) is 8.78 Å². The molecule has 0 amide bonds. The number of hydrogen-bond acceptors (Lipinski definition) is 2. The average Bonchev–Trinajstić information content (AvgIpc) is 2.37. The SMILES string of the molecule is OC(Cc1cc(F)cc(Br)c1)c1ccccc1OC(F)F. The highest BCUT2D eigenvalue weighted by atomic mass is 79.9. The van der Waals surface area contributed by atoms with Crippen LogP contribution >= 0.6 is 15.9 Å². The van der Waals surface area contributed by atoms with Crippen molar-refractivity contribution in [3.05, 3.63) is 63.9 Å². The monoisotopic (exact) mass is 360 g/mol. The first-order valence-electron chi connectivity index (χ1n) is 6.12. The smallest absolute Gasteiger partial charge is 0.387 e. The molecular formula is C15H12BrF3O2. The number of aliphatic hydroxyl groups excluding tert-OH is 1. The molecule has 0 saturated heterocycles. The van der Waals surface area contributed by atoms with E-state index in [2.05, 4.69) is 20.7 Å². The molecule has 2 rings (SSSR count). The Morgan fingerprint density at radius 2 is 1.86 bits per heavy atom. The second-order valence-corrected chi connectivity index (χ2v) is 5.33. The quantitative estimate of drug-likeness (QED) is 0.852. The van der Waals surface area contributed by atoms with Crippen LogP contribution in [0.3, 0.4) is 0 Å². The van der Waals surface area contributed by atoms with E-state index in [0.29, 0.717) is 10.0 Å². The number of hydrogen-bond donors (Lipinski definition) is 1. The maximum Gasteiger partial charge on any atom is 0.387 e. The fourth-order valence-electron chi connectivity index (χ4n) is 2.02. The molecule has 0 bridgehead atoms. The first-order valence-corrected chi connectivity index (χ1v) is 6.92. The molecule has 6 heteroatoms. The Morgan fingerprint density at radius 3 is 2.52 bits per heavy atom. The van der Waals surface area contributed by atoms with Crippen molar-refractivity contribution in [3.8, 4) is 5.75 Å². The summed E-state index contributed by atoms with van der Waals surface area (Å²) in [7, 11) is 0. The molecular weight excluding hydrogens is 349 g/mol. The minimum absolute atomic E-state index is 0.0833. The lowest BCUT2D eigenvalue weighted by molar-refractivity contribution is -0.0515. The Balaban J connectivity index is 2.22. The molecule has 2 aromatic rings. The average molecular weight is 361 g/mol. The van der Waals surface area contributed by atoms with E-state index in [4.69, 9.17) is 0 Å². The van der Waals surface area contributed by atoms with E-state index in [0.717, 1.165) is 0 Å². The highest BCUT2D eigenvalue weighted by Crippen LogP contribution is 2.29. The third kappa shape index (κ3) is 4.47. The van der Waals surface area contributed by atoms with Crippen LogP contribution in [0.2, 0.25) is 0 Å². The Hall–Kier alpha value is -1.53. The molecule has 112 valence electrons. The standard InChI is InChI=1S/C15H12BrF3O2/c16-10-5-9(6-11(17)8-10)7-13(20)12-3-1-2-4-14(12)21-15(18)19/h1-6,8,13,15,20H,7H2. The molecule has 0 saturated carbocycles. The van der Waals surface area contributed by atoms with Gasteiger partial charge >= 0.3 is 6.61 Å². The van der Waals surface area contributed by atoms with E-state index < -0.39 is 18.5 Å². The minimum atomic E-state index is -2.97. The number of aliphatic hydroxyl groups is 1. The molecule has 0 fully saturated rings. The molecule has 0 aromatic heterocycles. The minimum Gasteiger partial charge on any atom is -0.434 e. The van der Waals surface area contributed by atoms with E-state index in [1.807, 2.05) is 0 Å². The van der Waals surface area contributed by atoms with Gasteiger partial charge in [0.15, 0.2) is 0 Å². The molecule has 2 aromatic carbocycles. The van der Waals surface area contributed by atoms with Crippen molar-refractivity contribution >= 4 is 15.9 Å². The molecule has 0 spiro atoms. The normalized spacial score (nSPS) is 12.5. The van der Waals surface area contributed by atoms with Crippen LogP contribution in [0.5, 0.6) is 5.75 Å². The van der Waals surface area contributed by atoms with E-state index in [-0.39, 0.29) is 17.7 Å². The van der Waals surface area contributed by atoms with E-state index >= 15 is 0 Å². The van der Waals surface area contributed by atoms with Gasteiger partial charge in [-0.3, -0.25) is 0 Å². The molecule has 0 aliphatic carbocycles. The Morgan fingerprint density at radius 1 is 1.14 bits per heavy atom. The summed E-state index contributed by atoms with van der Waals surface area (Å²) in [5.41, 5.74) is 0.777. The van der Waals surface area contributed by atoms with Gasteiger partial charge in [0.25, 0.3) is 0 Å². The van der Waals surface area contributed by atoms with Gasteiger partial charge in [-0.05, 0) is 29.8 Å². The summed E-state index contributed by atoms with van der Waals surface area (Å²) in [4.78, 5) is 0. The van der Waals surface area contributed by atoms with Crippen molar-refractivity contribution in [2.24, 2.45) is 0 Å². The largest absolute Gasteiger partial charge is 0.434 e. The van der Waals surface area contributed by atoms with Crippen molar-refractivity contribution < 1.29 is 23.0 Å². The zero-order valence-corrected chi connectivity index (χ0v) is 12.4. The van der Waals surface area contributed by atoms with Crippen LogP contribution < -0.4 is 4.74 Å². The third-order valence-corrected chi connectivity index (χ3v) is 3.30. The highest BCUT2D eigenvalue weighted by Gasteiger charge is 2.17. The molecule has 1 unspecified atom stereocenters. The number of rotatable bonds is 5. The Bertz CT molecular complexity index is 599. The first-order chi connectivity index (χ1) is 9.95. The summed E-state index contributed by atoms with van der Waals surface area (Å²) in [6.07, 6.45) is -0.992. The van der Waals surface area contributed by atoms with Gasteiger partial charge in [-0.15, -0.1) is 0 Å². The fraction of sp³-hybridized carbons (Fsp3) is 0.200. The Kier molecular flexibility index (Phi) is 5.25. The van der Waals surface area contributed by atoms with Gasteiger partial charge < -0.3 is 9.84 Å². The summed E-state index contributed by atoms with van der Waals surface area (Å²) in [6, 6.07) is 10.2. The van der Waals surface area contributed by atoms with E-state index in [1.54, 1.807) is 12.1 Å². The maximum atomic E-state index is 13.3. The van der Waals surface area contributed by atoms with Gasteiger partial charge in [0.05, 0.1) is 6.10 Å². The number of ether oxygens (including phenoxy) is 1. The van der Waals surface area contributed by atoms with Crippen molar-refractivity contribution in [2.75, 3.05) is 0 Å². The molecule has 0 aliphatic heterocycles. The summed E-state index contributed by atoms with van der Waals surface area (Å²) in [5.74, 6) is -0.529. The summed E-state index contributed by atoms with van der Waals surface area (Å²) in [5, 5.41) is 10.2. The first kappa shape index (κ1) is 15.9. The molecule has 0 radical (unpaired) electrons.